The number of nitrogens with one attached hydrogen (secondary N) is 2. The first-order valence-electron chi connectivity index (χ1n) is 8.83. The van der Waals surface area contributed by atoms with Crippen LogP contribution in [0.5, 0.6) is 5.75 Å². The molecule has 152 valence electrons. The van der Waals surface area contributed by atoms with Crippen LogP contribution in [-0.4, -0.2) is 75.3 Å². The number of hydrogen-bond acceptors (Lipinski definition) is 5. The summed E-state index contributed by atoms with van der Waals surface area (Å²) in [5, 5.41) is 6.30. The van der Waals surface area contributed by atoms with Gasteiger partial charge in [-0.15, -0.1) is 24.0 Å². The summed E-state index contributed by atoms with van der Waals surface area (Å²) in [6.45, 7) is 2.17. The summed E-state index contributed by atoms with van der Waals surface area (Å²) in [4.78, 5) is 4.16. The molecular formula is C17H27IN4O3S2. The Morgan fingerprint density at radius 1 is 1.30 bits per heavy atom. The van der Waals surface area contributed by atoms with Crippen LogP contribution in [0.4, 0.5) is 0 Å². The fourth-order valence-corrected chi connectivity index (χ4v) is 5.54. The van der Waals surface area contributed by atoms with Crippen molar-refractivity contribution in [1.82, 2.24) is 14.9 Å². The van der Waals surface area contributed by atoms with E-state index in [1.165, 1.54) is 5.56 Å². The highest BCUT2D eigenvalue weighted by Gasteiger charge is 2.24. The maximum atomic E-state index is 12.3. The molecule has 2 aliphatic rings. The zero-order valence-electron chi connectivity index (χ0n) is 15.4. The number of sulfonamides is 1. The summed E-state index contributed by atoms with van der Waals surface area (Å²) < 4.78 is 32.2. The first kappa shape index (κ1) is 22.6. The second-order valence-electron chi connectivity index (χ2n) is 6.26. The molecule has 0 aromatic heterocycles. The predicted octanol–water partition coefficient (Wildman–Crippen LogP) is 1.15. The van der Waals surface area contributed by atoms with Gasteiger partial charge in [0, 0.05) is 44.6 Å². The summed E-state index contributed by atoms with van der Waals surface area (Å²) in [6.07, 6.45) is 0.919. The van der Waals surface area contributed by atoms with Crippen molar-refractivity contribution in [2.75, 3.05) is 50.5 Å². The van der Waals surface area contributed by atoms with Gasteiger partial charge in [-0.05, 0) is 11.6 Å². The molecule has 0 bridgehead atoms. The number of nitrogens with zero attached hydrogens (tertiary/aromatic N) is 2. The molecule has 1 aromatic carbocycles. The summed E-state index contributed by atoms with van der Waals surface area (Å²) in [5.41, 5.74) is 1.22. The molecule has 2 N–H and O–H groups in total. The number of fused-ring (bicyclic) bond motifs is 1. The van der Waals surface area contributed by atoms with E-state index in [0.717, 1.165) is 23.7 Å². The van der Waals surface area contributed by atoms with Gasteiger partial charge >= 0.3 is 0 Å². The number of hydrogen-bond donors (Lipinski definition) is 2. The van der Waals surface area contributed by atoms with Crippen LogP contribution in [0.2, 0.25) is 0 Å². The van der Waals surface area contributed by atoms with Crippen molar-refractivity contribution < 1.29 is 13.2 Å². The zero-order valence-corrected chi connectivity index (χ0v) is 19.4. The van der Waals surface area contributed by atoms with Gasteiger partial charge in [-0.1, -0.05) is 18.2 Å². The molecule has 2 aliphatic heterocycles. The molecule has 0 spiro atoms. The van der Waals surface area contributed by atoms with Gasteiger partial charge in [-0.25, -0.2) is 12.7 Å². The number of thioether (sulfide) groups is 1. The van der Waals surface area contributed by atoms with Crippen molar-refractivity contribution >= 4 is 51.7 Å². The quantitative estimate of drug-likeness (QED) is 0.329. The summed E-state index contributed by atoms with van der Waals surface area (Å²) >= 11 is 1.80. The molecule has 1 saturated heterocycles. The van der Waals surface area contributed by atoms with Crippen LogP contribution in [-0.2, 0) is 16.4 Å². The first-order valence-corrected chi connectivity index (χ1v) is 11.6. The molecule has 1 fully saturated rings. The van der Waals surface area contributed by atoms with Crippen molar-refractivity contribution in [2.24, 2.45) is 4.99 Å². The van der Waals surface area contributed by atoms with Crippen LogP contribution in [0.3, 0.4) is 0 Å². The Morgan fingerprint density at radius 2 is 2.04 bits per heavy atom. The molecule has 7 nitrogen and oxygen atoms in total. The lowest BCUT2D eigenvalue weighted by atomic mass is 10.1. The number of rotatable bonds is 6. The molecule has 3 rings (SSSR count). The molecule has 27 heavy (non-hydrogen) atoms. The second kappa shape index (κ2) is 10.7. The highest BCUT2D eigenvalue weighted by Crippen LogP contribution is 2.27. The van der Waals surface area contributed by atoms with Gasteiger partial charge in [0.1, 0.15) is 11.9 Å². The highest BCUT2D eigenvalue weighted by atomic mass is 127. The second-order valence-corrected chi connectivity index (χ2v) is 9.57. The number of ether oxygens (including phenoxy) is 1. The summed E-state index contributed by atoms with van der Waals surface area (Å²) in [5.74, 6) is 3.35. The Kier molecular flexibility index (Phi) is 8.96. The van der Waals surface area contributed by atoms with Crippen LogP contribution in [0.25, 0.3) is 0 Å². The van der Waals surface area contributed by atoms with E-state index in [2.05, 4.69) is 21.7 Å². The average Bonchev–Trinajstić information content (AvgIpc) is 3.08. The van der Waals surface area contributed by atoms with Crippen LogP contribution >= 0.6 is 35.7 Å². The lowest BCUT2D eigenvalue weighted by Crippen LogP contribution is -2.45. The molecule has 1 atom stereocenters. The Labute approximate surface area is 182 Å². The highest BCUT2D eigenvalue weighted by molar-refractivity contribution is 14.0. The van der Waals surface area contributed by atoms with Gasteiger partial charge in [0.25, 0.3) is 0 Å². The number of guanidine groups is 1. The van der Waals surface area contributed by atoms with Gasteiger partial charge in [0.05, 0.1) is 12.3 Å². The van der Waals surface area contributed by atoms with Crippen molar-refractivity contribution in [2.45, 2.75) is 12.5 Å². The number of benzene rings is 1. The van der Waals surface area contributed by atoms with Crippen LogP contribution in [0, 0.1) is 0 Å². The summed E-state index contributed by atoms with van der Waals surface area (Å²) in [6, 6.07) is 8.04. The molecule has 10 heteroatoms. The van der Waals surface area contributed by atoms with Crippen LogP contribution in [0.1, 0.15) is 5.56 Å². The van der Waals surface area contributed by atoms with E-state index in [-0.39, 0.29) is 35.8 Å². The lowest BCUT2D eigenvalue weighted by molar-refractivity contribution is 0.235. The minimum absolute atomic E-state index is 0. The molecule has 0 saturated carbocycles. The van der Waals surface area contributed by atoms with Crippen LogP contribution in [0.15, 0.2) is 29.3 Å². The lowest BCUT2D eigenvalue weighted by Gasteiger charge is -2.25. The van der Waals surface area contributed by atoms with E-state index in [0.29, 0.717) is 32.1 Å². The van der Waals surface area contributed by atoms with E-state index in [1.807, 2.05) is 18.2 Å². The molecule has 1 unspecified atom stereocenters. The molecule has 0 amide bonds. The fourth-order valence-electron chi connectivity index (χ4n) is 3.05. The molecule has 0 radical (unpaired) electrons. The molecule has 1 aromatic rings. The van der Waals surface area contributed by atoms with E-state index in [1.54, 1.807) is 23.1 Å². The topological polar surface area (TPSA) is 83.0 Å². The largest absolute Gasteiger partial charge is 0.488 e. The first-order chi connectivity index (χ1) is 12.6. The minimum atomic E-state index is -3.20. The van der Waals surface area contributed by atoms with E-state index in [9.17, 15) is 8.42 Å². The van der Waals surface area contributed by atoms with Crippen molar-refractivity contribution in [1.29, 1.82) is 0 Å². The Morgan fingerprint density at radius 3 is 2.74 bits per heavy atom. The SMILES string of the molecule is CN=C(NCCS(=O)(=O)N1CCSCC1)NCC1Cc2ccccc2O1.I. The Balaban J connectivity index is 0.00000261. The average molecular weight is 526 g/mol. The van der Waals surface area contributed by atoms with E-state index < -0.39 is 10.0 Å². The normalized spacial score (nSPS) is 20.3. The van der Waals surface area contributed by atoms with Crippen molar-refractivity contribution in [3.05, 3.63) is 29.8 Å². The fraction of sp³-hybridized carbons (Fsp3) is 0.588. The monoisotopic (exact) mass is 526 g/mol. The number of para-hydroxylation sites is 1. The van der Waals surface area contributed by atoms with Crippen molar-refractivity contribution in [3.8, 4) is 5.75 Å². The van der Waals surface area contributed by atoms with Gasteiger partial charge in [-0.3, -0.25) is 4.99 Å². The zero-order chi connectivity index (χ0) is 18.4. The predicted molar refractivity (Wildman–Crippen MR) is 122 cm³/mol. The van der Waals surface area contributed by atoms with Crippen molar-refractivity contribution in [3.63, 3.8) is 0 Å². The number of aliphatic imine (C=N–C) groups is 1. The Bertz CT molecular complexity index is 714. The number of halogens is 1. The van der Waals surface area contributed by atoms with Gasteiger partial charge in [0.15, 0.2) is 5.96 Å². The Hall–Kier alpha value is -0.720. The van der Waals surface area contributed by atoms with Gasteiger partial charge in [-0.2, -0.15) is 11.8 Å². The van der Waals surface area contributed by atoms with Gasteiger partial charge in [0.2, 0.25) is 10.0 Å². The maximum absolute atomic E-state index is 12.3. The minimum Gasteiger partial charge on any atom is -0.488 e. The smallest absolute Gasteiger partial charge is 0.215 e. The molecule has 2 heterocycles. The van der Waals surface area contributed by atoms with Gasteiger partial charge < -0.3 is 15.4 Å². The third kappa shape index (κ3) is 6.40. The third-order valence-corrected chi connectivity index (χ3v) is 7.26. The summed E-state index contributed by atoms with van der Waals surface area (Å²) in [7, 11) is -1.53. The maximum Gasteiger partial charge on any atom is 0.215 e. The molecule has 0 aliphatic carbocycles. The van der Waals surface area contributed by atoms with Crippen LogP contribution < -0.4 is 15.4 Å². The molecular weight excluding hydrogens is 499 g/mol. The third-order valence-electron chi connectivity index (χ3n) is 4.45. The standard InChI is InChI=1S/C17H26N4O3S2.HI/c1-18-17(19-6-11-26(22,23)21-7-9-25-10-8-21)20-13-15-12-14-4-2-3-5-16(14)24-15;/h2-5,15H,6-13H2,1H3,(H2,18,19,20);1H. The van der Waals surface area contributed by atoms with E-state index in [4.69, 9.17) is 4.74 Å². The van der Waals surface area contributed by atoms with E-state index >= 15 is 0 Å².